The van der Waals surface area contributed by atoms with E-state index < -0.39 is 0 Å². The van der Waals surface area contributed by atoms with E-state index in [1.165, 1.54) is 6.42 Å². The van der Waals surface area contributed by atoms with Crippen molar-refractivity contribution in [2.45, 2.75) is 16.8 Å². The Balaban J connectivity index is 1.97. The number of hydrogen-bond donors (Lipinski definition) is 1. The van der Waals surface area contributed by atoms with E-state index >= 15 is 0 Å². The van der Waals surface area contributed by atoms with Gasteiger partial charge in [0.25, 0.3) is 0 Å². The Hall–Kier alpha value is -0.320. The maximum absolute atomic E-state index is 5.68. The van der Waals surface area contributed by atoms with E-state index in [1.54, 1.807) is 24.2 Å². The van der Waals surface area contributed by atoms with E-state index in [0.717, 1.165) is 18.2 Å². The molecule has 0 radical (unpaired) electrons. The first-order chi connectivity index (χ1) is 6.34. The van der Waals surface area contributed by atoms with Crippen molar-refractivity contribution >= 4 is 23.4 Å². The van der Waals surface area contributed by atoms with Crippen LogP contribution in [0.4, 0.5) is 0 Å². The molecular formula is C8H10ClN3S. The zero-order chi connectivity index (χ0) is 9.10. The molecule has 2 heterocycles. The smallest absolute Gasteiger partial charge is 0.187 e. The highest BCUT2D eigenvalue weighted by Gasteiger charge is 2.16. The van der Waals surface area contributed by atoms with Gasteiger partial charge in [-0.05, 0) is 13.0 Å². The Morgan fingerprint density at radius 2 is 2.23 bits per heavy atom. The van der Waals surface area contributed by atoms with Crippen molar-refractivity contribution in [3.8, 4) is 0 Å². The third kappa shape index (κ3) is 2.56. The fourth-order valence-electron chi connectivity index (χ4n) is 1.24. The predicted octanol–water partition coefficient (Wildman–Crippen LogP) is 1.58. The van der Waals surface area contributed by atoms with Crippen molar-refractivity contribution in [2.24, 2.45) is 0 Å². The van der Waals surface area contributed by atoms with Crippen LogP contribution in [0, 0.1) is 0 Å². The number of nitrogens with zero attached hydrogens (tertiary/aromatic N) is 2. The molecule has 1 atom stereocenters. The van der Waals surface area contributed by atoms with Gasteiger partial charge in [-0.2, -0.15) is 0 Å². The van der Waals surface area contributed by atoms with Gasteiger partial charge in [0.15, 0.2) is 5.16 Å². The van der Waals surface area contributed by atoms with Crippen LogP contribution < -0.4 is 5.32 Å². The van der Waals surface area contributed by atoms with E-state index in [4.69, 9.17) is 11.6 Å². The topological polar surface area (TPSA) is 37.8 Å². The van der Waals surface area contributed by atoms with Gasteiger partial charge in [0.05, 0.1) is 17.4 Å². The molecule has 0 bridgehead atoms. The van der Waals surface area contributed by atoms with E-state index in [1.807, 2.05) is 0 Å². The monoisotopic (exact) mass is 215 g/mol. The van der Waals surface area contributed by atoms with E-state index in [0.29, 0.717) is 10.3 Å². The van der Waals surface area contributed by atoms with E-state index in [-0.39, 0.29) is 0 Å². The molecule has 1 saturated heterocycles. The lowest BCUT2D eigenvalue weighted by molar-refractivity contribution is 0.857. The molecule has 0 aliphatic carbocycles. The molecule has 1 aliphatic rings. The molecule has 70 valence electrons. The van der Waals surface area contributed by atoms with Crippen LogP contribution in [0.5, 0.6) is 0 Å². The molecule has 5 heteroatoms. The number of hydrogen-bond acceptors (Lipinski definition) is 4. The van der Waals surface area contributed by atoms with Crippen LogP contribution in [0.3, 0.4) is 0 Å². The highest BCUT2D eigenvalue weighted by Crippen LogP contribution is 2.23. The molecule has 0 saturated carbocycles. The molecule has 13 heavy (non-hydrogen) atoms. The summed E-state index contributed by atoms with van der Waals surface area (Å²) in [5, 5.41) is 5.32. The molecule has 2 rings (SSSR count). The number of thioether (sulfide) groups is 1. The maximum Gasteiger partial charge on any atom is 0.187 e. The molecule has 3 nitrogen and oxygen atoms in total. The third-order valence-corrected chi connectivity index (χ3v) is 3.24. The Morgan fingerprint density at radius 1 is 1.46 bits per heavy atom. The minimum absolute atomic E-state index is 0.592. The van der Waals surface area contributed by atoms with Gasteiger partial charge < -0.3 is 5.32 Å². The van der Waals surface area contributed by atoms with Gasteiger partial charge in [-0.3, -0.25) is 0 Å². The molecule has 1 aromatic heterocycles. The molecule has 1 unspecified atom stereocenters. The van der Waals surface area contributed by atoms with Gasteiger partial charge in [0, 0.05) is 11.8 Å². The summed E-state index contributed by atoms with van der Waals surface area (Å²) in [4.78, 5) is 8.27. The van der Waals surface area contributed by atoms with Gasteiger partial charge in [-0.25, -0.2) is 9.97 Å². The normalized spacial score (nSPS) is 22.1. The Kier molecular flexibility index (Phi) is 3.03. The average molecular weight is 216 g/mol. The Bertz CT molecular complexity index is 271. The van der Waals surface area contributed by atoms with Crippen LogP contribution in [0.1, 0.15) is 6.42 Å². The zero-order valence-corrected chi connectivity index (χ0v) is 8.61. The Labute approximate surface area is 86.3 Å². The fraction of sp³-hybridized carbons (Fsp3) is 0.500. The molecule has 1 N–H and O–H groups in total. The lowest BCUT2D eigenvalue weighted by Crippen LogP contribution is -2.10. The minimum atomic E-state index is 0.592. The first kappa shape index (κ1) is 9.24. The molecule has 1 fully saturated rings. The standard InChI is InChI=1S/C8H10ClN3S/c9-6-3-11-8(12-4-6)13-7-1-2-10-5-7/h3-4,7,10H,1-2,5H2. The van der Waals surface area contributed by atoms with Crippen molar-refractivity contribution in [1.82, 2.24) is 15.3 Å². The number of rotatable bonds is 2. The van der Waals surface area contributed by atoms with Crippen molar-refractivity contribution in [2.75, 3.05) is 13.1 Å². The van der Waals surface area contributed by atoms with Crippen molar-refractivity contribution < 1.29 is 0 Å². The van der Waals surface area contributed by atoms with Gasteiger partial charge in [-0.1, -0.05) is 23.4 Å². The maximum atomic E-state index is 5.68. The van der Waals surface area contributed by atoms with Crippen LogP contribution in [-0.4, -0.2) is 28.3 Å². The van der Waals surface area contributed by atoms with Crippen LogP contribution >= 0.6 is 23.4 Å². The van der Waals surface area contributed by atoms with E-state index in [9.17, 15) is 0 Å². The summed E-state index contributed by atoms with van der Waals surface area (Å²) in [6.07, 6.45) is 4.47. The van der Waals surface area contributed by atoms with Gasteiger partial charge in [-0.15, -0.1) is 0 Å². The summed E-state index contributed by atoms with van der Waals surface area (Å²) in [5.41, 5.74) is 0. The number of aromatic nitrogens is 2. The quantitative estimate of drug-likeness (QED) is 0.761. The fourth-order valence-corrected chi connectivity index (χ4v) is 2.30. The molecule has 1 aromatic rings. The molecule has 1 aliphatic heterocycles. The van der Waals surface area contributed by atoms with Crippen molar-refractivity contribution in [3.05, 3.63) is 17.4 Å². The summed E-state index contributed by atoms with van der Waals surface area (Å²) in [7, 11) is 0. The summed E-state index contributed by atoms with van der Waals surface area (Å²) in [5.74, 6) is 0. The summed E-state index contributed by atoms with van der Waals surface area (Å²) in [6, 6.07) is 0. The molecule has 0 amide bonds. The SMILES string of the molecule is Clc1cnc(SC2CCNC2)nc1. The molecular weight excluding hydrogens is 206 g/mol. The highest BCUT2D eigenvalue weighted by atomic mass is 35.5. The first-order valence-electron chi connectivity index (χ1n) is 4.19. The minimum Gasteiger partial charge on any atom is -0.316 e. The summed E-state index contributed by atoms with van der Waals surface area (Å²) >= 11 is 7.40. The van der Waals surface area contributed by atoms with Gasteiger partial charge in [0.2, 0.25) is 0 Å². The molecule has 0 spiro atoms. The molecule has 0 aromatic carbocycles. The van der Waals surface area contributed by atoms with Gasteiger partial charge in [0.1, 0.15) is 0 Å². The van der Waals surface area contributed by atoms with Crippen LogP contribution in [0.15, 0.2) is 17.6 Å². The highest BCUT2D eigenvalue weighted by molar-refractivity contribution is 7.99. The summed E-state index contributed by atoms with van der Waals surface area (Å²) < 4.78 is 0. The van der Waals surface area contributed by atoms with E-state index in [2.05, 4.69) is 15.3 Å². The van der Waals surface area contributed by atoms with Crippen LogP contribution in [0.2, 0.25) is 5.02 Å². The third-order valence-electron chi connectivity index (χ3n) is 1.88. The number of nitrogens with one attached hydrogen (secondary N) is 1. The second-order valence-corrected chi connectivity index (χ2v) is 4.62. The average Bonchev–Trinajstić information content (AvgIpc) is 2.62. The van der Waals surface area contributed by atoms with Crippen LogP contribution in [0.25, 0.3) is 0 Å². The Morgan fingerprint density at radius 3 is 2.85 bits per heavy atom. The second kappa shape index (κ2) is 4.26. The lowest BCUT2D eigenvalue weighted by Gasteiger charge is -2.04. The van der Waals surface area contributed by atoms with Crippen LogP contribution in [-0.2, 0) is 0 Å². The summed E-state index contributed by atoms with van der Waals surface area (Å²) in [6.45, 7) is 2.15. The lowest BCUT2D eigenvalue weighted by atomic mass is 10.4. The first-order valence-corrected chi connectivity index (χ1v) is 5.45. The zero-order valence-electron chi connectivity index (χ0n) is 7.03. The van der Waals surface area contributed by atoms with Crippen molar-refractivity contribution in [1.29, 1.82) is 0 Å². The number of halogens is 1. The van der Waals surface area contributed by atoms with Gasteiger partial charge >= 0.3 is 0 Å². The van der Waals surface area contributed by atoms with Crippen molar-refractivity contribution in [3.63, 3.8) is 0 Å². The second-order valence-electron chi connectivity index (χ2n) is 2.92. The largest absolute Gasteiger partial charge is 0.316 e. The predicted molar refractivity (Wildman–Crippen MR) is 54.2 cm³/mol.